The Morgan fingerprint density at radius 2 is 1.71 bits per heavy atom. The molecule has 24 heavy (non-hydrogen) atoms. The molecule has 0 fully saturated rings. The topological polar surface area (TPSA) is 65.0 Å². The first-order chi connectivity index (χ1) is 11.3. The lowest BCUT2D eigenvalue weighted by molar-refractivity contribution is -0.147. The number of methoxy groups -OCH3 is 2. The number of hydrogen-bond donors (Lipinski definition) is 1. The molecule has 5 heteroatoms. The van der Waals surface area contributed by atoms with Crippen LogP contribution in [0.3, 0.4) is 0 Å². The molecule has 1 aromatic rings. The number of carbonyl (C=O) groups is 1. The Labute approximate surface area is 144 Å². The largest absolute Gasteiger partial charge is 0.456 e. The van der Waals surface area contributed by atoms with Gasteiger partial charge in [0, 0.05) is 20.1 Å². The van der Waals surface area contributed by atoms with Gasteiger partial charge in [0.15, 0.2) is 6.29 Å². The van der Waals surface area contributed by atoms with Gasteiger partial charge in [0.1, 0.15) is 5.60 Å². The molecule has 5 nitrogen and oxygen atoms in total. The van der Waals surface area contributed by atoms with Crippen molar-refractivity contribution in [2.24, 2.45) is 5.92 Å². The van der Waals surface area contributed by atoms with Gasteiger partial charge in [-0.1, -0.05) is 12.1 Å². The standard InChI is InChI=1S/C19H30O5/c1-19(2,3)24-17(21)15-11-9-14(10-12-15)7-6-8-16(13-20)18(22-4)23-5/h9-12,16,18,20H,6-8,13H2,1-5H3. The van der Waals surface area contributed by atoms with Gasteiger partial charge in [0.2, 0.25) is 0 Å². The summed E-state index contributed by atoms with van der Waals surface area (Å²) in [5, 5.41) is 9.43. The van der Waals surface area contributed by atoms with Crippen molar-refractivity contribution in [3.05, 3.63) is 35.4 Å². The monoisotopic (exact) mass is 338 g/mol. The van der Waals surface area contributed by atoms with Crippen LogP contribution < -0.4 is 0 Å². The smallest absolute Gasteiger partial charge is 0.338 e. The number of hydrogen-bond acceptors (Lipinski definition) is 5. The van der Waals surface area contributed by atoms with Crippen molar-refractivity contribution in [1.82, 2.24) is 0 Å². The number of carbonyl (C=O) groups excluding carboxylic acids is 1. The molecule has 0 aliphatic carbocycles. The second-order valence-corrected chi connectivity index (χ2v) is 6.87. The summed E-state index contributed by atoms with van der Waals surface area (Å²) in [5.74, 6) is -0.349. The zero-order chi connectivity index (χ0) is 18.2. The molecule has 1 atom stereocenters. The number of aliphatic hydroxyl groups is 1. The van der Waals surface area contributed by atoms with E-state index < -0.39 is 5.60 Å². The fourth-order valence-electron chi connectivity index (χ4n) is 2.51. The molecule has 1 rings (SSSR count). The molecule has 0 aromatic heterocycles. The van der Waals surface area contributed by atoms with Crippen LogP contribution in [0.4, 0.5) is 0 Å². The Hall–Kier alpha value is -1.43. The van der Waals surface area contributed by atoms with E-state index in [0.29, 0.717) is 5.56 Å². The summed E-state index contributed by atoms with van der Waals surface area (Å²) in [7, 11) is 3.15. The highest BCUT2D eigenvalue weighted by Gasteiger charge is 2.20. The van der Waals surface area contributed by atoms with Crippen LogP contribution in [0, 0.1) is 5.92 Å². The third-order valence-electron chi connectivity index (χ3n) is 3.71. The van der Waals surface area contributed by atoms with Crippen LogP contribution >= 0.6 is 0 Å². The fourth-order valence-corrected chi connectivity index (χ4v) is 2.51. The molecule has 0 amide bonds. The van der Waals surface area contributed by atoms with Crippen molar-refractivity contribution in [3.8, 4) is 0 Å². The molecule has 1 N–H and O–H groups in total. The molecule has 0 radical (unpaired) electrons. The number of aryl methyl sites for hydroxylation is 1. The average molecular weight is 338 g/mol. The van der Waals surface area contributed by atoms with Gasteiger partial charge < -0.3 is 19.3 Å². The first-order valence-corrected chi connectivity index (χ1v) is 8.29. The Kier molecular flexibility index (Phi) is 8.39. The summed E-state index contributed by atoms with van der Waals surface area (Å²) >= 11 is 0. The molecule has 0 saturated heterocycles. The summed E-state index contributed by atoms with van der Waals surface area (Å²) in [6.45, 7) is 5.59. The Morgan fingerprint density at radius 3 is 2.17 bits per heavy atom. The van der Waals surface area contributed by atoms with Gasteiger partial charge in [0.05, 0.1) is 12.2 Å². The highest BCUT2D eigenvalue weighted by molar-refractivity contribution is 5.89. The van der Waals surface area contributed by atoms with Gasteiger partial charge in [-0.3, -0.25) is 0 Å². The summed E-state index contributed by atoms with van der Waals surface area (Å²) in [6, 6.07) is 7.47. The van der Waals surface area contributed by atoms with Crippen molar-refractivity contribution < 1.29 is 24.1 Å². The summed E-state index contributed by atoms with van der Waals surface area (Å²) in [6.07, 6.45) is 2.19. The predicted molar refractivity (Wildman–Crippen MR) is 92.9 cm³/mol. The molecule has 0 heterocycles. The van der Waals surface area contributed by atoms with Crippen LogP contribution in [0.5, 0.6) is 0 Å². The number of aliphatic hydroxyl groups excluding tert-OH is 1. The third-order valence-corrected chi connectivity index (χ3v) is 3.71. The van der Waals surface area contributed by atoms with Crippen molar-refractivity contribution in [3.63, 3.8) is 0 Å². The van der Waals surface area contributed by atoms with Gasteiger partial charge >= 0.3 is 5.97 Å². The van der Waals surface area contributed by atoms with Crippen molar-refractivity contribution in [2.75, 3.05) is 20.8 Å². The fraction of sp³-hybridized carbons (Fsp3) is 0.632. The minimum absolute atomic E-state index is 0.0317. The second kappa shape index (κ2) is 9.77. The van der Waals surface area contributed by atoms with Crippen LogP contribution in [0.2, 0.25) is 0 Å². The summed E-state index contributed by atoms with van der Waals surface area (Å²) in [5.41, 5.74) is 1.21. The van der Waals surface area contributed by atoms with E-state index in [0.717, 1.165) is 24.8 Å². The Balaban J connectivity index is 2.51. The molecule has 0 spiro atoms. The zero-order valence-corrected chi connectivity index (χ0v) is 15.4. The highest BCUT2D eigenvalue weighted by atomic mass is 16.7. The van der Waals surface area contributed by atoms with Crippen LogP contribution in [-0.4, -0.2) is 43.8 Å². The maximum Gasteiger partial charge on any atom is 0.338 e. The minimum atomic E-state index is -0.492. The van der Waals surface area contributed by atoms with Gasteiger partial charge in [-0.25, -0.2) is 4.79 Å². The van der Waals surface area contributed by atoms with Crippen LogP contribution in [0.15, 0.2) is 24.3 Å². The number of rotatable bonds is 9. The average Bonchev–Trinajstić information content (AvgIpc) is 2.53. The van der Waals surface area contributed by atoms with Crippen molar-refractivity contribution in [2.45, 2.75) is 51.9 Å². The quantitative estimate of drug-likeness (QED) is 0.553. The van der Waals surface area contributed by atoms with E-state index in [1.165, 1.54) is 0 Å². The van der Waals surface area contributed by atoms with Crippen molar-refractivity contribution >= 4 is 5.97 Å². The van der Waals surface area contributed by atoms with Gasteiger partial charge in [0.25, 0.3) is 0 Å². The molecule has 0 bridgehead atoms. The van der Waals surface area contributed by atoms with E-state index in [-0.39, 0.29) is 24.8 Å². The van der Waals surface area contributed by atoms with Crippen LogP contribution in [-0.2, 0) is 20.6 Å². The first kappa shape index (κ1) is 20.6. The minimum Gasteiger partial charge on any atom is -0.456 e. The molecule has 0 saturated carbocycles. The van der Waals surface area contributed by atoms with Gasteiger partial charge in [-0.2, -0.15) is 0 Å². The SMILES string of the molecule is COC(OC)C(CO)CCCc1ccc(C(=O)OC(C)(C)C)cc1. The van der Waals surface area contributed by atoms with E-state index in [9.17, 15) is 9.90 Å². The van der Waals surface area contributed by atoms with Gasteiger partial charge in [-0.15, -0.1) is 0 Å². The highest BCUT2D eigenvalue weighted by Crippen LogP contribution is 2.18. The zero-order valence-electron chi connectivity index (χ0n) is 15.4. The normalized spacial score (nSPS) is 13.1. The number of esters is 1. The van der Waals surface area contributed by atoms with E-state index in [2.05, 4.69) is 0 Å². The van der Waals surface area contributed by atoms with Gasteiger partial charge in [-0.05, 0) is 57.7 Å². The lowest BCUT2D eigenvalue weighted by Crippen LogP contribution is -2.27. The molecular formula is C19H30O5. The molecule has 0 aliphatic heterocycles. The first-order valence-electron chi connectivity index (χ1n) is 8.29. The molecule has 136 valence electrons. The van der Waals surface area contributed by atoms with Crippen molar-refractivity contribution in [1.29, 1.82) is 0 Å². The van der Waals surface area contributed by atoms with E-state index in [4.69, 9.17) is 14.2 Å². The summed E-state index contributed by atoms with van der Waals surface area (Å²) < 4.78 is 15.8. The lowest BCUT2D eigenvalue weighted by Gasteiger charge is -2.22. The molecule has 1 aromatic carbocycles. The lowest BCUT2D eigenvalue weighted by atomic mass is 9.99. The maximum atomic E-state index is 12.0. The molecule has 0 aliphatic rings. The Morgan fingerprint density at radius 1 is 1.12 bits per heavy atom. The molecular weight excluding hydrogens is 308 g/mol. The van der Waals surface area contributed by atoms with E-state index in [1.54, 1.807) is 26.4 Å². The van der Waals surface area contributed by atoms with Crippen LogP contribution in [0.1, 0.15) is 49.5 Å². The predicted octanol–water partition coefficient (Wildman–Crippen LogP) is 3.19. The number of benzene rings is 1. The second-order valence-electron chi connectivity index (χ2n) is 6.87. The van der Waals surface area contributed by atoms with E-state index >= 15 is 0 Å². The van der Waals surface area contributed by atoms with E-state index in [1.807, 2.05) is 32.9 Å². The number of ether oxygens (including phenoxy) is 3. The summed E-state index contributed by atoms with van der Waals surface area (Å²) in [4.78, 5) is 12.0. The Bertz CT molecular complexity index is 485. The molecule has 1 unspecified atom stereocenters. The maximum absolute atomic E-state index is 12.0. The van der Waals surface area contributed by atoms with Crippen LogP contribution in [0.25, 0.3) is 0 Å². The third kappa shape index (κ3) is 6.99.